The van der Waals surface area contributed by atoms with E-state index in [0.717, 1.165) is 44.3 Å². The maximum atomic E-state index is 12.7. The van der Waals surface area contributed by atoms with Gasteiger partial charge in [-0.3, -0.25) is 9.59 Å². The minimum absolute atomic E-state index is 0.189. The first-order valence-electron chi connectivity index (χ1n) is 13.4. The Morgan fingerprint density at radius 2 is 1.47 bits per heavy atom. The molecule has 0 radical (unpaired) electrons. The zero-order valence-electron chi connectivity index (χ0n) is 22.0. The Balaban J connectivity index is 1.78. The van der Waals surface area contributed by atoms with Gasteiger partial charge in [0.05, 0.1) is 13.2 Å². The van der Waals surface area contributed by atoms with Crippen LogP contribution in [0.1, 0.15) is 83.3 Å². The van der Waals surface area contributed by atoms with Crippen LogP contribution in [0.25, 0.3) is 0 Å². The molecular formula is C30H40O6. The first-order chi connectivity index (χ1) is 17.5. The van der Waals surface area contributed by atoms with E-state index in [1.54, 1.807) is 18.2 Å². The van der Waals surface area contributed by atoms with Crippen LogP contribution in [0.5, 0.6) is 23.0 Å². The molecule has 0 aromatic heterocycles. The monoisotopic (exact) mass is 496 g/mol. The molecule has 0 bridgehead atoms. The van der Waals surface area contributed by atoms with Gasteiger partial charge in [-0.25, -0.2) is 0 Å². The summed E-state index contributed by atoms with van der Waals surface area (Å²) in [5, 5.41) is 0. The molecule has 6 heteroatoms. The number of rotatable bonds is 7. The SMILES string of the molecule is CCCCOc1cccc2c1OC(=O)CCCCc1c(cccc1OCC(C)C)CCCCC(=O)O2. The van der Waals surface area contributed by atoms with Crippen LogP contribution in [-0.2, 0) is 22.4 Å². The molecule has 0 saturated carbocycles. The lowest BCUT2D eigenvalue weighted by atomic mass is 9.96. The average Bonchev–Trinajstić information content (AvgIpc) is 2.85. The fourth-order valence-corrected chi connectivity index (χ4v) is 4.13. The second kappa shape index (κ2) is 14.5. The lowest BCUT2D eigenvalue weighted by molar-refractivity contribution is -0.137. The molecule has 0 unspecified atom stereocenters. The Morgan fingerprint density at radius 3 is 2.22 bits per heavy atom. The van der Waals surface area contributed by atoms with E-state index in [0.29, 0.717) is 37.7 Å². The largest absolute Gasteiger partial charge is 0.493 e. The lowest BCUT2D eigenvalue weighted by Crippen LogP contribution is -2.14. The Labute approximate surface area is 215 Å². The number of carbonyl (C=O) groups is 2. The zero-order chi connectivity index (χ0) is 25.8. The highest BCUT2D eigenvalue weighted by atomic mass is 16.6. The number of para-hydroxylation sites is 1. The third-order valence-electron chi connectivity index (χ3n) is 6.07. The van der Waals surface area contributed by atoms with Crippen molar-refractivity contribution in [2.24, 2.45) is 5.92 Å². The van der Waals surface area contributed by atoms with Crippen LogP contribution < -0.4 is 18.9 Å². The van der Waals surface area contributed by atoms with Gasteiger partial charge in [0.25, 0.3) is 0 Å². The van der Waals surface area contributed by atoms with E-state index < -0.39 is 0 Å². The number of unbranched alkanes of at least 4 members (excludes halogenated alkanes) is 1. The third-order valence-corrected chi connectivity index (χ3v) is 6.07. The predicted octanol–water partition coefficient (Wildman–Crippen LogP) is 6.85. The highest BCUT2D eigenvalue weighted by Crippen LogP contribution is 2.38. The van der Waals surface area contributed by atoms with Crippen LogP contribution in [0, 0.1) is 5.92 Å². The van der Waals surface area contributed by atoms with Gasteiger partial charge in [-0.15, -0.1) is 0 Å². The van der Waals surface area contributed by atoms with Gasteiger partial charge in [-0.1, -0.05) is 45.4 Å². The first-order valence-corrected chi connectivity index (χ1v) is 13.4. The fraction of sp³-hybridized carbons (Fsp3) is 0.533. The lowest BCUT2D eigenvalue weighted by Gasteiger charge is -2.18. The summed E-state index contributed by atoms with van der Waals surface area (Å²) in [4.78, 5) is 25.4. The van der Waals surface area contributed by atoms with Gasteiger partial charge >= 0.3 is 11.9 Å². The molecule has 36 heavy (non-hydrogen) atoms. The van der Waals surface area contributed by atoms with Crippen LogP contribution in [0.3, 0.4) is 0 Å². The molecule has 0 atom stereocenters. The highest BCUT2D eigenvalue weighted by molar-refractivity contribution is 5.77. The topological polar surface area (TPSA) is 71.1 Å². The van der Waals surface area contributed by atoms with Gasteiger partial charge in [-0.2, -0.15) is 0 Å². The van der Waals surface area contributed by atoms with E-state index in [1.807, 2.05) is 12.1 Å². The average molecular weight is 497 g/mol. The van der Waals surface area contributed by atoms with E-state index >= 15 is 0 Å². The molecule has 1 aliphatic rings. The molecule has 196 valence electrons. The highest BCUT2D eigenvalue weighted by Gasteiger charge is 2.20. The van der Waals surface area contributed by atoms with Crippen molar-refractivity contribution in [1.29, 1.82) is 0 Å². The van der Waals surface area contributed by atoms with Crippen molar-refractivity contribution in [3.8, 4) is 23.0 Å². The number of hydrogen-bond acceptors (Lipinski definition) is 6. The molecule has 0 fully saturated rings. The van der Waals surface area contributed by atoms with Gasteiger partial charge < -0.3 is 18.9 Å². The quantitative estimate of drug-likeness (QED) is 0.237. The summed E-state index contributed by atoms with van der Waals surface area (Å²) in [7, 11) is 0. The number of carbonyl (C=O) groups excluding carboxylic acids is 2. The molecule has 3 rings (SSSR count). The van der Waals surface area contributed by atoms with E-state index in [2.05, 4.69) is 26.8 Å². The summed E-state index contributed by atoms with van der Waals surface area (Å²) in [5.74, 6) is 1.48. The van der Waals surface area contributed by atoms with Crippen molar-refractivity contribution in [3.63, 3.8) is 0 Å². The molecule has 0 amide bonds. The summed E-state index contributed by atoms with van der Waals surface area (Å²) in [6.07, 6.45) is 7.23. The van der Waals surface area contributed by atoms with Crippen molar-refractivity contribution >= 4 is 11.9 Å². The number of hydrogen-bond donors (Lipinski definition) is 0. The summed E-state index contributed by atoms with van der Waals surface area (Å²) in [5.41, 5.74) is 2.46. The first kappa shape index (κ1) is 27.6. The van der Waals surface area contributed by atoms with Crippen LogP contribution in [0.15, 0.2) is 36.4 Å². The summed E-state index contributed by atoms with van der Waals surface area (Å²) >= 11 is 0. The van der Waals surface area contributed by atoms with E-state index in [9.17, 15) is 9.59 Å². The summed E-state index contributed by atoms with van der Waals surface area (Å²) in [6.45, 7) is 7.51. The number of ether oxygens (including phenoxy) is 4. The predicted molar refractivity (Wildman–Crippen MR) is 140 cm³/mol. The Hall–Kier alpha value is -3.02. The van der Waals surface area contributed by atoms with Crippen LogP contribution in [-0.4, -0.2) is 25.2 Å². The van der Waals surface area contributed by atoms with Crippen molar-refractivity contribution < 1.29 is 28.5 Å². The number of benzene rings is 2. The Kier molecular flexibility index (Phi) is 11.1. The maximum Gasteiger partial charge on any atom is 0.311 e. The Morgan fingerprint density at radius 1 is 0.806 bits per heavy atom. The van der Waals surface area contributed by atoms with Gasteiger partial charge in [0.1, 0.15) is 5.75 Å². The number of aryl methyl sites for hydroxylation is 1. The Bertz CT molecular complexity index is 997. The van der Waals surface area contributed by atoms with Crippen molar-refractivity contribution in [2.45, 2.75) is 85.0 Å². The molecule has 0 saturated heterocycles. The summed E-state index contributed by atoms with van der Waals surface area (Å²) < 4.78 is 23.3. The standard InChI is InChI=1S/C30H40O6/c1-4-5-20-33-26-16-11-17-27-30(26)36-29(32)19-9-7-14-24-23(12-6-8-18-28(31)35-27)13-10-15-25(24)34-21-22(2)3/h10-11,13,15-17,22H,4-9,12,14,18-21H2,1-3H3. The van der Waals surface area contributed by atoms with Crippen molar-refractivity contribution in [1.82, 2.24) is 0 Å². The van der Waals surface area contributed by atoms with E-state index in [-0.39, 0.29) is 36.3 Å². The molecule has 1 heterocycles. The summed E-state index contributed by atoms with van der Waals surface area (Å²) in [6, 6.07) is 11.3. The normalized spacial score (nSPS) is 15.4. The van der Waals surface area contributed by atoms with Gasteiger partial charge in [0, 0.05) is 12.8 Å². The minimum Gasteiger partial charge on any atom is -0.493 e. The third kappa shape index (κ3) is 8.58. The van der Waals surface area contributed by atoms with E-state index in [1.165, 1.54) is 11.1 Å². The van der Waals surface area contributed by atoms with E-state index in [4.69, 9.17) is 18.9 Å². The maximum absolute atomic E-state index is 12.7. The van der Waals surface area contributed by atoms with Crippen molar-refractivity contribution in [3.05, 3.63) is 47.5 Å². The van der Waals surface area contributed by atoms with Crippen LogP contribution in [0.2, 0.25) is 0 Å². The van der Waals surface area contributed by atoms with Crippen LogP contribution >= 0.6 is 0 Å². The molecule has 0 aliphatic carbocycles. The molecule has 0 N–H and O–H groups in total. The van der Waals surface area contributed by atoms with Gasteiger partial charge in [-0.05, 0) is 80.2 Å². The zero-order valence-corrected chi connectivity index (χ0v) is 22.0. The van der Waals surface area contributed by atoms with Crippen LogP contribution in [0.4, 0.5) is 0 Å². The van der Waals surface area contributed by atoms with Gasteiger partial charge in [0.15, 0.2) is 11.5 Å². The van der Waals surface area contributed by atoms with Gasteiger partial charge in [0.2, 0.25) is 5.75 Å². The molecule has 6 nitrogen and oxygen atoms in total. The van der Waals surface area contributed by atoms with Crippen molar-refractivity contribution in [2.75, 3.05) is 13.2 Å². The fourth-order valence-electron chi connectivity index (χ4n) is 4.13. The smallest absolute Gasteiger partial charge is 0.311 e. The molecule has 0 spiro atoms. The second-order valence-electron chi connectivity index (χ2n) is 9.75. The number of fused-ring (bicyclic) bond motifs is 2. The molecule has 1 aliphatic heterocycles. The minimum atomic E-state index is -0.365. The number of esters is 2. The second-order valence-corrected chi connectivity index (χ2v) is 9.75. The molecular weight excluding hydrogens is 456 g/mol. The molecule has 2 aromatic carbocycles. The molecule has 2 aromatic rings.